The summed E-state index contributed by atoms with van der Waals surface area (Å²) in [6.45, 7) is 2.06. The van der Waals surface area contributed by atoms with E-state index in [1.165, 1.54) is 0 Å². The van der Waals surface area contributed by atoms with Crippen molar-refractivity contribution in [1.82, 2.24) is 4.90 Å². The summed E-state index contributed by atoms with van der Waals surface area (Å²) in [6, 6.07) is 14.0. The molecule has 0 radical (unpaired) electrons. The zero-order chi connectivity index (χ0) is 20.6. The van der Waals surface area contributed by atoms with E-state index in [9.17, 15) is 9.59 Å². The van der Waals surface area contributed by atoms with Gasteiger partial charge in [0.25, 0.3) is 5.91 Å². The molecule has 0 aromatic heterocycles. The molecule has 0 saturated heterocycles. The molecule has 1 aliphatic rings. The number of hydrogen-bond acceptors (Lipinski definition) is 7. The number of para-hydroxylation sites is 1. The molecular formula is C21H20N2O6. The average molecular weight is 396 g/mol. The summed E-state index contributed by atoms with van der Waals surface area (Å²) in [5, 5.41) is 9.01. The van der Waals surface area contributed by atoms with E-state index in [1.807, 2.05) is 25.1 Å². The first kappa shape index (κ1) is 20.0. The smallest absolute Gasteiger partial charge is 0.344 e. The molecule has 0 aliphatic carbocycles. The van der Waals surface area contributed by atoms with Crippen molar-refractivity contribution in [1.29, 1.82) is 5.26 Å². The van der Waals surface area contributed by atoms with Crippen LogP contribution in [0, 0.1) is 11.3 Å². The predicted molar refractivity (Wildman–Crippen MR) is 101 cm³/mol. The summed E-state index contributed by atoms with van der Waals surface area (Å²) in [4.78, 5) is 25.9. The van der Waals surface area contributed by atoms with Gasteiger partial charge in [-0.3, -0.25) is 4.79 Å². The van der Waals surface area contributed by atoms with Crippen LogP contribution in [0.4, 0.5) is 0 Å². The van der Waals surface area contributed by atoms with Crippen LogP contribution >= 0.6 is 0 Å². The fourth-order valence-electron chi connectivity index (χ4n) is 2.73. The van der Waals surface area contributed by atoms with E-state index in [4.69, 9.17) is 24.2 Å². The molecule has 8 nitrogen and oxygen atoms in total. The number of nitriles is 1. The number of nitrogens with zero attached hydrogens (tertiary/aromatic N) is 2. The zero-order valence-electron chi connectivity index (χ0n) is 15.9. The van der Waals surface area contributed by atoms with Gasteiger partial charge in [0.1, 0.15) is 11.8 Å². The lowest BCUT2D eigenvalue weighted by Crippen LogP contribution is -2.34. The number of benzene rings is 2. The Hall–Kier alpha value is -3.73. The van der Waals surface area contributed by atoms with Gasteiger partial charge in [0.05, 0.1) is 5.56 Å². The first-order chi connectivity index (χ1) is 14.1. The number of carbonyl (C=O) groups excluding carboxylic acids is 2. The first-order valence-electron chi connectivity index (χ1n) is 9.04. The maximum absolute atomic E-state index is 12.4. The van der Waals surface area contributed by atoms with Crippen LogP contribution in [0.25, 0.3) is 0 Å². The van der Waals surface area contributed by atoms with E-state index < -0.39 is 5.97 Å². The van der Waals surface area contributed by atoms with Crippen molar-refractivity contribution in [2.45, 2.75) is 13.5 Å². The van der Waals surface area contributed by atoms with Crippen LogP contribution in [0.3, 0.4) is 0 Å². The zero-order valence-corrected chi connectivity index (χ0v) is 15.9. The van der Waals surface area contributed by atoms with Gasteiger partial charge in [-0.05, 0) is 36.8 Å². The first-order valence-corrected chi connectivity index (χ1v) is 9.04. The van der Waals surface area contributed by atoms with Gasteiger partial charge < -0.3 is 23.8 Å². The van der Waals surface area contributed by atoms with Crippen LogP contribution in [0.15, 0.2) is 42.5 Å². The molecule has 0 N–H and O–H groups in total. The van der Waals surface area contributed by atoms with E-state index in [1.54, 1.807) is 35.2 Å². The summed E-state index contributed by atoms with van der Waals surface area (Å²) < 4.78 is 20.9. The van der Waals surface area contributed by atoms with Crippen molar-refractivity contribution in [2.75, 3.05) is 26.6 Å². The second kappa shape index (κ2) is 9.46. The number of likely N-dealkylation sites (N-methyl/N-ethyl adjacent to an activating group) is 1. The van der Waals surface area contributed by atoms with Gasteiger partial charge in [-0.1, -0.05) is 18.2 Å². The van der Waals surface area contributed by atoms with Gasteiger partial charge in [-0.15, -0.1) is 0 Å². The highest BCUT2D eigenvalue weighted by Crippen LogP contribution is 2.32. The second-order valence-corrected chi connectivity index (χ2v) is 6.15. The molecule has 0 unspecified atom stereocenters. The van der Waals surface area contributed by atoms with E-state index in [0.717, 1.165) is 5.56 Å². The minimum Gasteiger partial charge on any atom is -0.481 e. The van der Waals surface area contributed by atoms with Gasteiger partial charge in [0.2, 0.25) is 6.79 Å². The Kier molecular flexibility index (Phi) is 6.53. The SMILES string of the molecule is CCN(Cc1ccc2c(c1)OCO2)C(=O)COC(=O)COc1ccccc1C#N. The lowest BCUT2D eigenvalue weighted by molar-refractivity contribution is -0.153. The molecule has 3 rings (SSSR count). The number of esters is 1. The molecule has 8 heteroatoms. The Labute approximate surface area is 168 Å². The molecule has 150 valence electrons. The van der Waals surface area contributed by atoms with Crippen molar-refractivity contribution in [3.63, 3.8) is 0 Å². The maximum Gasteiger partial charge on any atom is 0.344 e. The Morgan fingerprint density at radius 3 is 2.72 bits per heavy atom. The normalized spacial score (nSPS) is 11.4. The summed E-state index contributed by atoms with van der Waals surface area (Å²) >= 11 is 0. The number of amides is 1. The van der Waals surface area contributed by atoms with Gasteiger partial charge in [0, 0.05) is 13.1 Å². The van der Waals surface area contributed by atoms with Gasteiger partial charge in [-0.25, -0.2) is 4.79 Å². The van der Waals surface area contributed by atoms with Crippen LogP contribution in [-0.4, -0.2) is 43.3 Å². The molecule has 0 saturated carbocycles. The monoisotopic (exact) mass is 396 g/mol. The van der Waals surface area contributed by atoms with E-state index >= 15 is 0 Å². The summed E-state index contributed by atoms with van der Waals surface area (Å²) in [5.74, 6) is 0.597. The lowest BCUT2D eigenvalue weighted by Gasteiger charge is -2.21. The number of ether oxygens (including phenoxy) is 4. The molecule has 0 fully saturated rings. The molecule has 1 aliphatic heterocycles. The minimum absolute atomic E-state index is 0.187. The Morgan fingerprint density at radius 2 is 1.93 bits per heavy atom. The number of fused-ring (bicyclic) bond motifs is 1. The largest absolute Gasteiger partial charge is 0.481 e. The van der Waals surface area contributed by atoms with Crippen LogP contribution < -0.4 is 14.2 Å². The molecule has 1 amide bonds. The number of carbonyl (C=O) groups is 2. The molecule has 0 atom stereocenters. The third-order valence-electron chi connectivity index (χ3n) is 4.25. The molecule has 0 spiro atoms. The lowest BCUT2D eigenvalue weighted by atomic mass is 10.2. The topological polar surface area (TPSA) is 98.1 Å². The van der Waals surface area contributed by atoms with Crippen LogP contribution in [-0.2, 0) is 20.9 Å². The van der Waals surface area contributed by atoms with Crippen molar-refractivity contribution < 1.29 is 28.5 Å². The molecule has 0 bridgehead atoms. The summed E-state index contributed by atoms with van der Waals surface area (Å²) in [6.07, 6.45) is 0. The third kappa shape index (κ3) is 5.17. The standard InChI is InChI=1S/C21H20N2O6/c1-2-23(11-15-7-8-18-19(9-15)29-14-28-18)20(24)12-27-21(25)13-26-17-6-4-3-5-16(17)10-22/h3-9H,2,11-14H2,1H3. The van der Waals surface area contributed by atoms with Crippen molar-refractivity contribution in [3.8, 4) is 23.3 Å². The summed E-state index contributed by atoms with van der Waals surface area (Å²) in [5.41, 5.74) is 1.20. The van der Waals surface area contributed by atoms with Crippen molar-refractivity contribution in [2.24, 2.45) is 0 Å². The molecule has 1 heterocycles. The molecular weight excluding hydrogens is 376 g/mol. The summed E-state index contributed by atoms with van der Waals surface area (Å²) in [7, 11) is 0. The second-order valence-electron chi connectivity index (χ2n) is 6.15. The minimum atomic E-state index is -0.690. The van der Waals surface area contributed by atoms with Crippen LogP contribution in [0.5, 0.6) is 17.2 Å². The van der Waals surface area contributed by atoms with Gasteiger partial charge >= 0.3 is 5.97 Å². The third-order valence-corrected chi connectivity index (χ3v) is 4.25. The van der Waals surface area contributed by atoms with Gasteiger partial charge in [0.15, 0.2) is 24.7 Å². The van der Waals surface area contributed by atoms with E-state index in [2.05, 4.69) is 0 Å². The van der Waals surface area contributed by atoms with Crippen molar-refractivity contribution >= 4 is 11.9 Å². The molecule has 29 heavy (non-hydrogen) atoms. The Bertz CT molecular complexity index is 937. The highest BCUT2D eigenvalue weighted by molar-refractivity contribution is 5.81. The Morgan fingerprint density at radius 1 is 1.14 bits per heavy atom. The Balaban J connectivity index is 1.48. The van der Waals surface area contributed by atoms with Crippen LogP contribution in [0.1, 0.15) is 18.1 Å². The number of rotatable bonds is 8. The highest BCUT2D eigenvalue weighted by Gasteiger charge is 2.18. The number of hydrogen-bond donors (Lipinski definition) is 0. The maximum atomic E-state index is 12.4. The fourth-order valence-corrected chi connectivity index (χ4v) is 2.73. The fraction of sp³-hybridized carbons (Fsp3) is 0.286. The molecule has 2 aromatic rings. The predicted octanol–water partition coefficient (Wildman–Crippen LogP) is 2.26. The quantitative estimate of drug-likeness (QED) is 0.631. The average Bonchev–Trinajstić information content (AvgIpc) is 3.22. The van der Waals surface area contributed by atoms with E-state index in [-0.39, 0.29) is 31.7 Å². The molecule has 2 aromatic carbocycles. The van der Waals surface area contributed by atoms with E-state index in [0.29, 0.717) is 30.2 Å². The highest BCUT2D eigenvalue weighted by atomic mass is 16.7. The van der Waals surface area contributed by atoms with Gasteiger partial charge in [-0.2, -0.15) is 5.26 Å². The van der Waals surface area contributed by atoms with Crippen molar-refractivity contribution in [3.05, 3.63) is 53.6 Å². The van der Waals surface area contributed by atoms with Crippen LogP contribution in [0.2, 0.25) is 0 Å².